The number of methoxy groups -OCH3 is 1. The number of ether oxygens (including phenoxy) is 2. The van der Waals surface area contributed by atoms with Crippen LogP contribution >= 0.6 is 0 Å². The van der Waals surface area contributed by atoms with Gasteiger partial charge in [0.25, 0.3) is 0 Å². The van der Waals surface area contributed by atoms with Gasteiger partial charge in [-0.05, 0) is 25.8 Å². The molecular weight excluding hydrogens is 168 g/mol. The standard InChI is InChI=1S/C10H18O3/c1-5-9(7-12-4)8(3)10(11)13-6-2/h5-7H2,1-4H3. The van der Waals surface area contributed by atoms with Crippen LogP contribution in [0.25, 0.3) is 0 Å². The van der Waals surface area contributed by atoms with E-state index in [-0.39, 0.29) is 5.97 Å². The van der Waals surface area contributed by atoms with Crippen molar-refractivity contribution in [2.24, 2.45) is 0 Å². The van der Waals surface area contributed by atoms with Crippen LogP contribution in [0.3, 0.4) is 0 Å². The normalized spacial score (nSPS) is 12.3. The molecule has 0 N–H and O–H groups in total. The summed E-state index contributed by atoms with van der Waals surface area (Å²) in [6.07, 6.45) is 0.818. The van der Waals surface area contributed by atoms with Crippen molar-refractivity contribution < 1.29 is 14.3 Å². The van der Waals surface area contributed by atoms with Crippen molar-refractivity contribution in [2.75, 3.05) is 20.3 Å². The third kappa shape index (κ3) is 4.08. The Morgan fingerprint density at radius 2 is 1.92 bits per heavy atom. The SMILES string of the molecule is CCOC(=O)C(C)=C(CC)COC. The van der Waals surface area contributed by atoms with E-state index in [1.165, 1.54) is 0 Å². The second-order valence-corrected chi connectivity index (χ2v) is 2.74. The summed E-state index contributed by atoms with van der Waals surface area (Å²) in [5, 5.41) is 0. The smallest absolute Gasteiger partial charge is 0.333 e. The molecule has 0 aliphatic carbocycles. The van der Waals surface area contributed by atoms with Crippen molar-refractivity contribution in [3.05, 3.63) is 11.1 Å². The van der Waals surface area contributed by atoms with Gasteiger partial charge >= 0.3 is 5.97 Å². The molecule has 0 aliphatic heterocycles. The zero-order valence-corrected chi connectivity index (χ0v) is 8.85. The minimum atomic E-state index is -0.239. The molecular formula is C10H18O3. The molecule has 0 aromatic rings. The number of carbonyl (C=O) groups is 1. The fourth-order valence-electron chi connectivity index (χ4n) is 1.03. The Hall–Kier alpha value is -0.830. The lowest BCUT2D eigenvalue weighted by Crippen LogP contribution is -2.09. The van der Waals surface area contributed by atoms with Crippen molar-refractivity contribution >= 4 is 5.97 Å². The van der Waals surface area contributed by atoms with Crippen molar-refractivity contribution in [2.45, 2.75) is 27.2 Å². The summed E-state index contributed by atoms with van der Waals surface area (Å²) in [6, 6.07) is 0. The molecule has 0 unspecified atom stereocenters. The Labute approximate surface area is 79.7 Å². The van der Waals surface area contributed by atoms with Crippen LogP contribution in [-0.2, 0) is 14.3 Å². The fourth-order valence-corrected chi connectivity index (χ4v) is 1.03. The average molecular weight is 186 g/mol. The van der Waals surface area contributed by atoms with E-state index in [1.54, 1.807) is 21.0 Å². The second-order valence-electron chi connectivity index (χ2n) is 2.74. The maximum absolute atomic E-state index is 11.3. The molecule has 0 heterocycles. The fraction of sp³-hybridized carbons (Fsp3) is 0.700. The highest BCUT2D eigenvalue weighted by Crippen LogP contribution is 2.10. The maximum Gasteiger partial charge on any atom is 0.333 e. The zero-order chi connectivity index (χ0) is 10.3. The van der Waals surface area contributed by atoms with Crippen LogP contribution in [-0.4, -0.2) is 26.3 Å². The van der Waals surface area contributed by atoms with Gasteiger partial charge in [0.05, 0.1) is 13.2 Å². The van der Waals surface area contributed by atoms with Gasteiger partial charge in [0, 0.05) is 12.7 Å². The van der Waals surface area contributed by atoms with Gasteiger partial charge in [-0.25, -0.2) is 4.79 Å². The second kappa shape index (κ2) is 6.66. The van der Waals surface area contributed by atoms with Gasteiger partial charge < -0.3 is 9.47 Å². The number of hydrogen-bond donors (Lipinski definition) is 0. The molecule has 0 aromatic heterocycles. The van der Waals surface area contributed by atoms with Crippen LogP contribution < -0.4 is 0 Å². The van der Waals surface area contributed by atoms with Crippen molar-refractivity contribution in [3.8, 4) is 0 Å². The Balaban J connectivity index is 4.43. The summed E-state index contributed by atoms with van der Waals surface area (Å²) in [6.45, 7) is 6.49. The number of rotatable bonds is 5. The molecule has 0 saturated carbocycles. The molecule has 0 aliphatic rings. The largest absolute Gasteiger partial charge is 0.463 e. The topological polar surface area (TPSA) is 35.5 Å². The predicted molar refractivity (Wildman–Crippen MR) is 51.5 cm³/mol. The summed E-state index contributed by atoms with van der Waals surface area (Å²) < 4.78 is 9.86. The van der Waals surface area contributed by atoms with Crippen molar-refractivity contribution in [3.63, 3.8) is 0 Å². The van der Waals surface area contributed by atoms with Gasteiger partial charge in [0.1, 0.15) is 0 Å². The third-order valence-electron chi connectivity index (χ3n) is 1.86. The van der Waals surface area contributed by atoms with E-state index in [0.29, 0.717) is 18.8 Å². The van der Waals surface area contributed by atoms with E-state index in [4.69, 9.17) is 9.47 Å². The number of esters is 1. The van der Waals surface area contributed by atoms with Gasteiger partial charge in [-0.15, -0.1) is 0 Å². The van der Waals surface area contributed by atoms with Crippen LogP contribution in [0.5, 0.6) is 0 Å². The number of hydrogen-bond acceptors (Lipinski definition) is 3. The number of carbonyl (C=O) groups excluding carboxylic acids is 1. The molecule has 3 nitrogen and oxygen atoms in total. The predicted octanol–water partition coefficient (Wildman–Crippen LogP) is 1.92. The Morgan fingerprint density at radius 1 is 1.31 bits per heavy atom. The minimum absolute atomic E-state index is 0.239. The van der Waals surface area contributed by atoms with Crippen LogP contribution in [0, 0.1) is 0 Å². The Kier molecular flexibility index (Phi) is 6.24. The molecule has 13 heavy (non-hydrogen) atoms. The molecule has 0 spiro atoms. The van der Waals surface area contributed by atoms with E-state index in [9.17, 15) is 4.79 Å². The van der Waals surface area contributed by atoms with Crippen molar-refractivity contribution in [1.82, 2.24) is 0 Å². The van der Waals surface area contributed by atoms with E-state index in [0.717, 1.165) is 12.0 Å². The monoisotopic (exact) mass is 186 g/mol. The molecule has 0 bridgehead atoms. The minimum Gasteiger partial charge on any atom is -0.463 e. The molecule has 76 valence electrons. The highest BCUT2D eigenvalue weighted by atomic mass is 16.5. The highest BCUT2D eigenvalue weighted by molar-refractivity contribution is 5.88. The van der Waals surface area contributed by atoms with E-state index < -0.39 is 0 Å². The first kappa shape index (κ1) is 12.2. The van der Waals surface area contributed by atoms with Gasteiger partial charge in [0.2, 0.25) is 0 Å². The summed E-state index contributed by atoms with van der Waals surface area (Å²) in [7, 11) is 1.62. The van der Waals surface area contributed by atoms with Crippen LogP contribution in [0.1, 0.15) is 27.2 Å². The molecule has 3 heteroatoms. The Bertz CT molecular complexity index is 194. The highest BCUT2D eigenvalue weighted by Gasteiger charge is 2.09. The quantitative estimate of drug-likeness (QED) is 0.486. The lowest BCUT2D eigenvalue weighted by molar-refractivity contribution is -0.138. The van der Waals surface area contributed by atoms with Crippen LogP contribution in [0.4, 0.5) is 0 Å². The van der Waals surface area contributed by atoms with Crippen molar-refractivity contribution in [1.29, 1.82) is 0 Å². The molecule has 0 fully saturated rings. The lowest BCUT2D eigenvalue weighted by atomic mass is 10.1. The van der Waals surface area contributed by atoms with Gasteiger partial charge in [-0.1, -0.05) is 6.92 Å². The molecule has 0 rings (SSSR count). The summed E-state index contributed by atoms with van der Waals surface area (Å²) in [5.74, 6) is -0.239. The summed E-state index contributed by atoms with van der Waals surface area (Å²) in [4.78, 5) is 11.3. The van der Waals surface area contributed by atoms with E-state index in [2.05, 4.69) is 0 Å². The van der Waals surface area contributed by atoms with Crippen LogP contribution in [0.15, 0.2) is 11.1 Å². The van der Waals surface area contributed by atoms with Gasteiger partial charge in [-0.3, -0.25) is 0 Å². The first-order chi connectivity index (χ1) is 6.17. The summed E-state index contributed by atoms with van der Waals surface area (Å²) in [5.41, 5.74) is 1.67. The van der Waals surface area contributed by atoms with Crippen LogP contribution in [0.2, 0.25) is 0 Å². The lowest BCUT2D eigenvalue weighted by Gasteiger charge is -2.08. The zero-order valence-electron chi connectivity index (χ0n) is 8.85. The van der Waals surface area contributed by atoms with E-state index in [1.807, 2.05) is 6.92 Å². The average Bonchev–Trinajstić information content (AvgIpc) is 2.13. The maximum atomic E-state index is 11.3. The van der Waals surface area contributed by atoms with Gasteiger partial charge in [-0.2, -0.15) is 0 Å². The molecule has 0 saturated heterocycles. The van der Waals surface area contributed by atoms with E-state index >= 15 is 0 Å². The molecule has 0 radical (unpaired) electrons. The molecule has 0 aromatic carbocycles. The third-order valence-corrected chi connectivity index (χ3v) is 1.86. The Morgan fingerprint density at radius 3 is 2.31 bits per heavy atom. The molecule has 0 atom stereocenters. The molecule has 0 amide bonds. The van der Waals surface area contributed by atoms with Gasteiger partial charge in [0.15, 0.2) is 0 Å². The summed E-state index contributed by atoms with van der Waals surface area (Å²) >= 11 is 0. The first-order valence-electron chi connectivity index (χ1n) is 4.52. The first-order valence-corrected chi connectivity index (χ1v) is 4.52.